The molecular weight excluding hydrogens is 378 g/mol. The fraction of sp³-hybridized carbons (Fsp3) is 0.375. The molecule has 3 rings (SSSR count). The third-order valence-corrected chi connectivity index (χ3v) is 4.77. The number of nitrogens with one attached hydrogen (secondary N) is 1. The second kappa shape index (κ2) is 9.67. The van der Waals surface area contributed by atoms with Crippen molar-refractivity contribution >= 4 is 11.7 Å². The van der Waals surface area contributed by atoms with E-state index in [9.17, 15) is 4.79 Å². The van der Waals surface area contributed by atoms with E-state index in [2.05, 4.69) is 27.6 Å². The van der Waals surface area contributed by atoms with Gasteiger partial charge in [-0.1, -0.05) is 56.3 Å². The van der Waals surface area contributed by atoms with E-state index in [1.807, 2.05) is 51.2 Å². The number of hydrogen-bond donors (Lipinski definition) is 1. The van der Waals surface area contributed by atoms with E-state index in [-0.39, 0.29) is 17.7 Å². The van der Waals surface area contributed by atoms with Crippen molar-refractivity contribution in [3.63, 3.8) is 0 Å². The molecule has 3 aromatic rings. The third kappa shape index (κ3) is 6.00. The number of carbonyl (C=O) groups is 1. The lowest BCUT2D eigenvalue weighted by Crippen LogP contribution is -2.14. The molecule has 2 heterocycles. The zero-order valence-electron chi connectivity index (χ0n) is 18.1. The molecule has 1 amide bonds. The number of anilines is 1. The van der Waals surface area contributed by atoms with Crippen LogP contribution in [-0.4, -0.2) is 29.8 Å². The molecule has 0 atom stereocenters. The molecule has 1 N–H and O–H groups in total. The minimum atomic E-state index is -0.150. The summed E-state index contributed by atoms with van der Waals surface area (Å²) >= 11 is 0. The summed E-state index contributed by atoms with van der Waals surface area (Å²) in [6.07, 6.45) is 4.03. The first-order valence-electron chi connectivity index (χ1n) is 10.2. The van der Waals surface area contributed by atoms with Gasteiger partial charge in [-0.3, -0.25) is 9.78 Å². The highest BCUT2D eigenvalue weighted by molar-refractivity contribution is 5.91. The molecule has 30 heavy (non-hydrogen) atoms. The lowest BCUT2D eigenvalue weighted by atomic mass is 9.93. The molecule has 0 saturated heterocycles. The van der Waals surface area contributed by atoms with E-state index < -0.39 is 0 Å². The number of pyridine rings is 1. The van der Waals surface area contributed by atoms with Crippen LogP contribution in [0.1, 0.15) is 44.2 Å². The SMILES string of the molecule is COCCCc1ccc(-c2ccc(CC(=O)Nc3cc(C(C)(C)C)on3)cc2)cn1. The summed E-state index contributed by atoms with van der Waals surface area (Å²) in [6.45, 7) is 6.84. The monoisotopic (exact) mass is 407 g/mol. The van der Waals surface area contributed by atoms with Crippen LogP contribution >= 0.6 is 0 Å². The lowest BCUT2D eigenvalue weighted by Gasteiger charge is -2.12. The van der Waals surface area contributed by atoms with Crippen molar-refractivity contribution in [3.8, 4) is 11.1 Å². The molecule has 0 fully saturated rings. The van der Waals surface area contributed by atoms with Gasteiger partial charge in [-0.05, 0) is 30.0 Å². The van der Waals surface area contributed by atoms with E-state index in [1.165, 1.54) is 0 Å². The van der Waals surface area contributed by atoms with Crippen LogP contribution in [0.15, 0.2) is 53.2 Å². The van der Waals surface area contributed by atoms with Crippen molar-refractivity contribution in [2.75, 3.05) is 19.0 Å². The Kier molecular flexibility index (Phi) is 7.00. The van der Waals surface area contributed by atoms with Gasteiger partial charge in [-0.15, -0.1) is 0 Å². The number of aromatic nitrogens is 2. The van der Waals surface area contributed by atoms with Crippen LogP contribution < -0.4 is 5.32 Å². The van der Waals surface area contributed by atoms with E-state index in [0.29, 0.717) is 5.82 Å². The summed E-state index contributed by atoms with van der Waals surface area (Å²) < 4.78 is 10.4. The Bertz CT molecular complexity index is 955. The highest BCUT2D eigenvalue weighted by Gasteiger charge is 2.20. The molecule has 0 bridgehead atoms. The summed E-state index contributed by atoms with van der Waals surface area (Å²) in [5.41, 5.74) is 3.97. The van der Waals surface area contributed by atoms with Crippen molar-refractivity contribution in [3.05, 3.63) is 65.7 Å². The molecule has 0 saturated carbocycles. The topological polar surface area (TPSA) is 77.2 Å². The molecule has 6 nitrogen and oxygen atoms in total. The Morgan fingerprint density at radius 2 is 1.83 bits per heavy atom. The Morgan fingerprint density at radius 1 is 1.10 bits per heavy atom. The number of nitrogens with zero attached hydrogens (tertiary/aromatic N) is 2. The third-order valence-electron chi connectivity index (χ3n) is 4.77. The van der Waals surface area contributed by atoms with E-state index >= 15 is 0 Å². The van der Waals surface area contributed by atoms with Crippen LogP contribution in [0.3, 0.4) is 0 Å². The smallest absolute Gasteiger partial charge is 0.230 e. The maximum absolute atomic E-state index is 12.3. The van der Waals surface area contributed by atoms with Gasteiger partial charge in [-0.2, -0.15) is 0 Å². The van der Waals surface area contributed by atoms with Crippen LogP contribution in [0.4, 0.5) is 5.82 Å². The van der Waals surface area contributed by atoms with Crippen LogP contribution in [0.5, 0.6) is 0 Å². The minimum absolute atomic E-state index is 0.126. The molecular formula is C24H29N3O3. The highest BCUT2D eigenvalue weighted by Crippen LogP contribution is 2.24. The first-order chi connectivity index (χ1) is 14.3. The van der Waals surface area contributed by atoms with Crippen molar-refractivity contribution in [2.45, 2.75) is 45.4 Å². The number of benzene rings is 1. The predicted octanol–water partition coefficient (Wildman–Crippen LogP) is 4.79. The minimum Gasteiger partial charge on any atom is -0.385 e. The fourth-order valence-corrected chi connectivity index (χ4v) is 3.02. The van der Waals surface area contributed by atoms with Gasteiger partial charge < -0.3 is 14.6 Å². The molecule has 6 heteroatoms. The first-order valence-corrected chi connectivity index (χ1v) is 10.2. The normalized spacial score (nSPS) is 11.5. The van der Waals surface area contributed by atoms with Crippen LogP contribution in [0.25, 0.3) is 11.1 Å². The largest absolute Gasteiger partial charge is 0.385 e. The second-order valence-electron chi connectivity index (χ2n) is 8.38. The van der Waals surface area contributed by atoms with E-state index in [0.717, 1.165) is 47.6 Å². The Labute approximate surface area is 177 Å². The fourth-order valence-electron chi connectivity index (χ4n) is 3.02. The maximum Gasteiger partial charge on any atom is 0.230 e. The zero-order valence-corrected chi connectivity index (χ0v) is 18.1. The van der Waals surface area contributed by atoms with Gasteiger partial charge in [0.05, 0.1) is 6.42 Å². The van der Waals surface area contributed by atoms with Crippen LogP contribution in [-0.2, 0) is 27.8 Å². The van der Waals surface area contributed by atoms with Gasteiger partial charge in [0.2, 0.25) is 5.91 Å². The maximum atomic E-state index is 12.3. The number of carbonyl (C=O) groups excluding carboxylic acids is 1. The number of hydrogen-bond acceptors (Lipinski definition) is 5. The Morgan fingerprint density at radius 3 is 2.43 bits per heavy atom. The molecule has 0 spiro atoms. The molecule has 0 aliphatic heterocycles. The zero-order chi connectivity index (χ0) is 21.6. The molecule has 0 aliphatic rings. The van der Waals surface area contributed by atoms with Crippen molar-refractivity contribution in [1.82, 2.24) is 10.1 Å². The quantitative estimate of drug-likeness (QED) is 0.543. The Balaban J connectivity index is 1.56. The summed E-state index contributed by atoms with van der Waals surface area (Å²) in [7, 11) is 1.71. The number of rotatable bonds is 8. The highest BCUT2D eigenvalue weighted by atomic mass is 16.5. The number of methoxy groups -OCH3 is 1. The summed E-state index contributed by atoms with van der Waals surface area (Å²) in [4.78, 5) is 16.9. The van der Waals surface area contributed by atoms with Gasteiger partial charge in [0.25, 0.3) is 0 Å². The summed E-state index contributed by atoms with van der Waals surface area (Å²) in [5.74, 6) is 1.05. The average Bonchev–Trinajstić information content (AvgIpc) is 3.18. The van der Waals surface area contributed by atoms with Gasteiger partial charge in [-0.25, -0.2) is 0 Å². The molecule has 2 aromatic heterocycles. The summed E-state index contributed by atoms with van der Waals surface area (Å²) in [5, 5.41) is 6.72. The van der Waals surface area contributed by atoms with Gasteiger partial charge in [0, 0.05) is 42.7 Å². The standard InChI is InChI=1S/C24H29N3O3/c1-24(2,3)21-15-22(27-30-21)26-23(28)14-17-7-9-18(10-8-17)19-11-12-20(25-16-19)6-5-13-29-4/h7-12,15-16H,5-6,13-14H2,1-4H3,(H,26,27,28). The summed E-state index contributed by atoms with van der Waals surface area (Å²) in [6, 6.07) is 13.9. The van der Waals surface area contributed by atoms with Crippen molar-refractivity contribution in [1.29, 1.82) is 0 Å². The van der Waals surface area contributed by atoms with E-state index in [1.54, 1.807) is 13.2 Å². The number of ether oxygens (including phenoxy) is 1. The lowest BCUT2D eigenvalue weighted by molar-refractivity contribution is -0.115. The van der Waals surface area contributed by atoms with Crippen LogP contribution in [0, 0.1) is 0 Å². The molecule has 0 aliphatic carbocycles. The molecule has 0 radical (unpaired) electrons. The van der Waals surface area contributed by atoms with Gasteiger partial charge in [0.15, 0.2) is 5.82 Å². The van der Waals surface area contributed by atoms with Gasteiger partial charge in [0.1, 0.15) is 5.76 Å². The average molecular weight is 408 g/mol. The van der Waals surface area contributed by atoms with Crippen molar-refractivity contribution < 1.29 is 14.1 Å². The van der Waals surface area contributed by atoms with Crippen LogP contribution in [0.2, 0.25) is 0 Å². The molecule has 1 aromatic carbocycles. The molecule has 0 unspecified atom stereocenters. The molecule has 158 valence electrons. The Hall–Kier alpha value is -2.99. The van der Waals surface area contributed by atoms with E-state index in [4.69, 9.17) is 9.26 Å². The first kappa shape index (κ1) is 21.7. The van der Waals surface area contributed by atoms with Gasteiger partial charge >= 0.3 is 0 Å². The predicted molar refractivity (Wildman–Crippen MR) is 117 cm³/mol. The number of aryl methyl sites for hydroxylation is 1. The second-order valence-corrected chi connectivity index (χ2v) is 8.38. The van der Waals surface area contributed by atoms with Crippen molar-refractivity contribution in [2.24, 2.45) is 0 Å². The number of amides is 1.